The average molecular weight is 596 g/mol. The van der Waals surface area contributed by atoms with E-state index >= 15 is 0 Å². The van der Waals surface area contributed by atoms with Gasteiger partial charge >= 0.3 is 5.97 Å². The van der Waals surface area contributed by atoms with Crippen LogP contribution >= 0.6 is 15.9 Å². The van der Waals surface area contributed by atoms with Gasteiger partial charge in [0, 0.05) is 6.07 Å². The van der Waals surface area contributed by atoms with Crippen LogP contribution in [0.4, 0.5) is 0 Å². The lowest BCUT2D eigenvalue weighted by Crippen LogP contribution is -2.29. The van der Waals surface area contributed by atoms with Crippen LogP contribution in [0, 0.1) is 0 Å². The number of halogens is 1. The van der Waals surface area contributed by atoms with E-state index < -0.39 is 23.2 Å². The Kier molecular flexibility index (Phi) is 6.49. The summed E-state index contributed by atoms with van der Waals surface area (Å²) in [6.45, 7) is 0.130. The Morgan fingerprint density at radius 3 is 2.35 bits per heavy atom. The largest absolute Gasteiger partial charge is 0.460 e. The second kappa shape index (κ2) is 10.3. The number of benzene rings is 4. The van der Waals surface area contributed by atoms with Crippen LogP contribution < -0.4 is 14.9 Å². The third-order valence-corrected chi connectivity index (χ3v) is 7.03. The number of ether oxygens (including phenoxy) is 2. The fraction of sp³-hybridized carbons (Fsp3) is 0.0323. The summed E-state index contributed by atoms with van der Waals surface area (Å²) in [6.07, 6.45) is 1.19. The number of carbonyl (C=O) groups is 3. The Balaban J connectivity index is 1.21. The second-order valence-electron chi connectivity index (χ2n) is 8.95. The van der Waals surface area contributed by atoms with Gasteiger partial charge in [-0.3, -0.25) is 19.3 Å². The van der Waals surface area contributed by atoms with Gasteiger partial charge in [0.25, 0.3) is 11.8 Å². The highest BCUT2D eigenvalue weighted by molar-refractivity contribution is 9.10. The van der Waals surface area contributed by atoms with Gasteiger partial charge in [-0.05, 0) is 64.0 Å². The van der Waals surface area contributed by atoms with Gasteiger partial charge in [0.15, 0.2) is 0 Å². The van der Waals surface area contributed by atoms with Crippen molar-refractivity contribution in [2.75, 3.05) is 0 Å². The number of rotatable bonds is 6. The van der Waals surface area contributed by atoms with Crippen molar-refractivity contribution in [1.29, 1.82) is 0 Å². The van der Waals surface area contributed by atoms with Gasteiger partial charge < -0.3 is 13.9 Å². The zero-order valence-corrected chi connectivity index (χ0v) is 22.2. The summed E-state index contributed by atoms with van der Waals surface area (Å²) in [6, 6.07) is 24.9. The number of hydrogen-bond donors (Lipinski definition) is 0. The lowest BCUT2D eigenvalue weighted by Gasteiger charge is -2.13. The molecular weight excluding hydrogens is 578 g/mol. The molecule has 2 heterocycles. The lowest BCUT2D eigenvalue weighted by atomic mass is 10.1. The summed E-state index contributed by atoms with van der Waals surface area (Å²) >= 11 is 3.37. The van der Waals surface area contributed by atoms with Crippen molar-refractivity contribution < 1.29 is 28.3 Å². The topological polar surface area (TPSA) is 103 Å². The Labute approximate surface area is 235 Å². The Morgan fingerprint density at radius 2 is 1.55 bits per heavy atom. The molecule has 4 aromatic carbocycles. The summed E-state index contributed by atoms with van der Waals surface area (Å²) in [7, 11) is 0. The quantitative estimate of drug-likeness (QED) is 0.128. The van der Waals surface area contributed by atoms with E-state index in [4.69, 9.17) is 13.9 Å². The zero-order chi connectivity index (χ0) is 27.8. The molecule has 0 saturated carbocycles. The molecule has 2 amide bonds. The minimum absolute atomic E-state index is 0.00260. The number of esters is 1. The molecule has 0 radical (unpaired) electrons. The molecule has 0 bridgehead atoms. The van der Waals surface area contributed by atoms with Crippen molar-refractivity contribution in [3.05, 3.63) is 134 Å². The first-order chi connectivity index (χ1) is 19.4. The second-order valence-corrected chi connectivity index (χ2v) is 9.81. The average Bonchev–Trinajstić information content (AvgIpc) is 3.20. The third kappa shape index (κ3) is 4.67. The van der Waals surface area contributed by atoms with Gasteiger partial charge in [-0.2, -0.15) is 0 Å². The molecule has 40 heavy (non-hydrogen) atoms. The molecule has 0 atom stereocenters. The zero-order valence-electron chi connectivity index (χ0n) is 20.6. The molecule has 9 heteroatoms. The third-order valence-electron chi connectivity index (χ3n) is 6.37. The van der Waals surface area contributed by atoms with E-state index in [1.165, 1.54) is 42.7 Å². The number of amides is 2. The van der Waals surface area contributed by atoms with E-state index in [1.54, 1.807) is 18.2 Å². The molecule has 0 saturated heterocycles. The molecular formula is C31H18BrNO7. The summed E-state index contributed by atoms with van der Waals surface area (Å²) in [4.78, 5) is 52.8. The van der Waals surface area contributed by atoms with Crippen LogP contribution in [0.15, 0.2) is 111 Å². The number of carbonyl (C=O) groups excluding carboxylic acids is 3. The summed E-state index contributed by atoms with van der Waals surface area (Å²) in [5.41, 5.74) is 1.08. The number of fused-ring (bicyclic) bond motifs is 2. The maximum atomic E-state index is 13.0. The van der Waals surface area contributed by atoms with Crippen molar-refractivity contribution in [3.63, 3.8) is 0 Å². The SMILES string of the molecule is O=C(Oc1ccc2c(=O)c(Oc3ccccc3Br)coc2c1)c1ccc2c(c1)C(=O)N(Cc1ccccc1)C2=O. The normalized spacial score (nSPS) is 12.5. The van der Waals surface area contributed by atoms with Gasteiger partial charge in [-0.1, -0.05) is 42.5 Å². The maximum absolute atomic E-state index is 13.0. The van der Waals surface area contributed by atoms with Gasteiger partial charge in [0.1, 0.15) is 23.3 Å². The molecule has 0 unspecified atom stereocenters. The molecule has 0 fully saturated rings. The molecule has 0 aliphatic carbocycles. The fourth-order valence-corrected chi connectivity index (χ4v) is 4.73. The lowest BCUT2D eigenvalue weighted by molar-refractivity contribution is 0.0641. The highest BCUT2D eigenvalue weighted by Gasteiger charge is 2.36. The summed E-state index contributed by atoms with van der Waals surface area (Å²) in [5.74, 6) is -1.04. The van der Waals surface area contributed by atoms with E-state index in [1.807, 2.05) is 36.4 Å². The van der Waals surface area contributed by atoms with E-state index in [-0.39, 0.29) is 45.7 Å². The first-order valence-electron chi connectivity index (χ1n) is 12.1. The van der Waals surface area contributed by atoms with E-state index in [9.17, 15) is 19.2 Å². The van der Waals surface area contributed by atoms with Gasteiger partial charge in [0.05, 0.1) is 33.1 Å². The molecule has 1 aliphatic rings. The Morgan fingerprint density at radius 1 is 0.800 bits per heavy atom. The van der Waals surface area contributed by atoms with Crippen LogP contribution in [0.1, 0.15) is 36.6 Å². The predicted molar refractivity (Wildman–Crippen MR) is 149 cm³/mol. The number of para-hydroxylation sites is 1. The van der Waals surface area contributed by atoms with Gasteiger partial charge in [0.2, 0.25) is 11.2 Å². The number of hydrogen-bond acceptors (Lipinski definition) is 7. The van der Waals surface area contributed by atoms with Crippen LogP contribution in [-0.2, 0) is 6.54 Å². The fourth-order valence-electron chi connectivity index (χ4n) is 4.36. The smallest absolute Gasteiger partial charge is 0.343 e. The number of nitrogens with zero attached hydrogens (tertiary/aromatic N) is 1. The van der Waals surface area contributed by atoms with Gasteiger partial charge in [-0.15, -0.1) is 0 Å². The van der Waals surface area contributed by atoms with Crippen molar-refractivity contribution in [1.82, 2.24) is 4.90 Å². The van der Waals surface area contributed by atoms with Crippen LogP contribution in [0.25, 0.3) is 11.0 Å². The molecule has 1 aromatic heterocycles. The monoisotopic (exact) mass is 595 g/mol. The minimum atomic E-state index is -0.736. The van der Waals surface area contributed by atoms with Crippen LogP contribution in [0.5, 0.6) is 17.2 Å². The molecule has 0 N–H and O–H groups in total. The molecule has 8 nitrogen and oxygen atoms in total. The van der Waals surface area contributed by atoms with Crippen molar-refractivity contribution >= 4 is 44.7 Å². The highest BCUT2D eigenvalue weighted by atomic mass is 79.9. The van der Waals surface area contributed by atoms with E-state index in [0.29, 0.717) is 10.2 Å². The summed E-state index contributed by atoms with van der Waals surface area (Å²) in [5, 5.41) is 0.240. The van der Waals surface area contributed by atoms with Crippen molar-refractivity contribution in [3.8, 4) is 17.2 Å². The highest BCUT2D eigenvalue weighted by Crippen LogP contribution is 2.30. The molecule has 0 spiro atoms. The Hall–Kier alpha value is -5.02. The van der Waals surface area contributed by atoms with Crippen LogP contribution in [0.2, 0.25) is 0 Å². The predicted octanol–water partition coefficient (Wildman–Crippen LogP) is 6.36. The van der Waals surface area contributed by atoms with Gasteiger partial charge in [-0.25, -0.2) is 4.79 Å². The number of imide groups is 1. The molecule has 6 rings (SSSR count). The van der Waals surface area contributed by atoms with E-state index in [0.717, 1.165) is 10.5 Å². The molecule has 196 valence electrons. The van der Waals surface area contributed by atoms with E-state index in [2.05, 4.69) is 15.9 Å². The summed E-state index contributed by atoms with van der Waals surface area (Å²) < 4.78 is 17.5. The molecule has 5 aromatic rings. The standard InChI is InChI=1S/C31H18BrNO7/c32-24-8-4-5-9-25(24)40-27-17-38-26-15-20(11-13-22(26)28(27)34)39-31(37)19-10-12-21-23(14-19)30(36)33(29(21)35)16-18-6-2-1-3-7-18/h1-15,17H,16H2. The minimum Gasteiger partial charge on any atom is -0.460 e. The van der Waals surface area contributed by atoms with Crippen LogP contribution in [-0.4, -0.2) is 22.7 Å². The first-order valence-corrected chi connectivity index (χ1v) is 12.9. The maximum Gasteiger partial charge on any atom is 0.343 e. The van der Waals surface area contributed by atoms with Crippen LogP contribution in [0.3, 0.4) is 0 Å². The first kappa shape index (κ1) is 25.3. The van der Waals surface area contributed by atoms with Crippen molar-refractivity contribution in [2.24, 2.45) is 0 Å². The molecule has 1 aliphatic heterocycles. The van der Waals surface area contributed by atoms with Crippen molar-refractivity contribution in [2.45, 2.75) is 6.54 Å². The Bertz CT molecular complexity index is 1880.